The molecule has 0 spiro atoms. The topological polar surface area (TPSA) is 61.8 Å². The molecule has 0 aromatic carbocycles. The van der Waals surface area contributed by atoms with Gasteiger partial charge in [-0.1, -0.05) is 159 Å². The maximum absolute atomic E-state index is 12.5. The van der Waals surface area contributed by atoms with Crippen LogP contribution in [0.2, 0.25) is 0 Å². The molecule has 0 rings (SSSR count). The van der Waals surface area contributed by atoms with Gasteiger partial charge in [-0.2, -0.15) is 0 Å². The minimum atomic E-state index is -0.550. The van der Waals surface area contributed by atoms with Gasteiger partial charge in [0.15, 0.2) is 6.10 Å². The highest BCUT2D eigenvalue weighted by molar-refractivity contribution is 5.70. The van der Waals surface area contributed by atoms with E-state index in [-0.39, 0.29) is 25.2 Å². The summed E-state index contributed by atoms with van der Waals surface area (Å²) in [5, 5.41) is 0. The Morgan fingerprint density at radius 2 is 0.938 bits per heavy atom. The highest BCUT2D eigenvalue weighted by Gasteiger charge is 2.17. The Morgan fingerprint density at radius 1 is 0.479 bits per heavy atom. The molecule has 0 aliphatic carbocycles. The Morgan fingerprint density at radius 3 is 1.46 bits per heavy atom. The van der Waals surface area contributed by atoms with Crippen molar-refractivity contribution >= 4 is 11.9 Å². The molecule has 0 saturated carbocycles. The van der Waals surface area contributed by atoms with Gasteiger partial charge >= 0.3 is 11.9 Å². The molecule has 5 nitrogen and oxygen atoms in total. The number of hydrogen-bond acceptors (Lipinski definition) is 5. The first-order valence-electron chi connectivity index (χ1n) is 19.8. The molecule has 0 radical (unpaired) electrons. The number of carbonyl (C=O) groups is 2. The molecule has 5 heteroatoms. The van der Waals surface area contributed by atoms with Crippen LogP contribution < -0.4 is 0 Å². The molecule has 0 heterocycles. The van der Waals surface area contributed by atoms with Crippen LogP contribution in [0.25, 0.3) is 0 Å². The van der Waals surface area contributed by atoms with E-state index in [4.69, 9.17) is 14.2 Å². The van der Waals surface area contributed by atoms with Crippen LogP contribution in [-0.4, -0.2) is 37.9 Å². The molecule has 0 bridgehead atoms. The summed E-state index contributed by atoms with van der Waals surface area (Å²) in [5.74, 6) is -0.438. The second-order valence-corrected chi connectivity index (χ2v) is 12.8. The molecule has 0 amide bonds. The summed E-state index contributed by atoms with van der Waals surface area (Å²) in [4.78, 5) is 24.8. The molecule has 276 valence electrons. The van der Waals surface area contributed by atoms with Crippen LogP contribution in [0, 0.1) is 0 Å². The molecule has 48 heavy (non-hydrogen) atoms. The predicted molar refractivity (Wildman–Crippen MR) is 205 cm³/mol. The SMILES string of the molecule is CC/C=C\C/C=C\C/C=C\C/C=C\C/C=C\CCCCOCC(COC(=O)CCCCCCCCC)OC(=O)CCCCCCCCC. The average Bonchev–Trinajstić information content (AvgIpc) is 3.08. The number of allylic oxidation sites excluding steroid dienone is 10. The van der Waals surface area contributed by atoms with Gasteiger partial charge in [0, 0.05) is 19.4 Å². The second-order valence-electron chi connectivity index (χ2n) is 12.8. The third-order valence-corrected chi connectivity index (χ3v) is 8.07. The minimum Gasteiger partial charge on any atom is -0.462 e. The summed E-state index contributed by atoms with van der Waals surface area (Å²) in [6.45, 7) is 7.52. The van der Waals surface area contributed by atoms with Gasteiger partial charge in [-0.3, -0.25) is 9.59 Å². The van der Waals surface area contributed by atoms with Crippen molar-refractivity contribution in [3.8, 4) is 0 Å². The van der Waals surface area contributed by atoms with Crippen molar-refractivity contribution in [1.29, 1.82) is 0 Å². The average molecular weight is 671 g/mol. The number of carbonyl (C=O) groups excluding carboxylic acids is 2. The molecule has 0 saturated heterocycles. The summed E-state index contributed by atoms with van der Waals surface area (Å²) >= 11 is 0. The molecule has 0 aromatic rings. The van der Waals surface area contributed by atoms with Crippen LogP contribution in [0.4, 0.5) is 0 Å². The Bertz CT molecular complexity index is 853. The summed E-state index contributed by atoms with van der Waals surface area (Å²) < 4.78 is 17.1. The monoisotopic (exact) mass is 671 g/mol. The third-order valence-electron chi connectivity index (χ3n) is 8.07. The number of hydrogen-bond donors (Lipinski definition) is 0. The van der Waals surface area contributed by atoms with E-state index < -0.39 is 6.10 Å². The van der Waals surface area contributed by atoms with E-state index in [0.29, 0.717) is 19.4 Å². The molecular weight excluding hydrogens is 596 g/mol. The lowest BCUT2D eigenvalue weighted by Crippen LogP contribution is -2.30. The Labute approximate surface area is 296 Å². The fraction of sp³-hybridized carbons (Fsp3) is 0.721. The summed E-state index contributed by atoms with van der Waals surface area (Å²) in [6.07, 6.45) is 46.7. The first kappa shape index (κ1) is 45.6. The highest BCUT2D eigenvalue weighted by Crippen LogP contribution is 2.12. The number of ether oxygens (including phenoxy) is 3. The summed E-state index contributed by atoms with van der Waals surface area (Å²) in [7, 11) is 0. The van der Waals surface area contributed by atoms with E-state index in [1.54, 1.807) is 0 Å². The fourth-order valence-electron chi connectivity index (χ4n) is 5.12. The van der Waals surface area contributed by atoms with Gasteiger partial charge < -0.3 is 14.2 Å². The molecule has 0 N–H and O–H groups in total. The van der Waals surface area contributed by atoms with Crippen molar-refractivity contribution in [3.05, 3.63) is 60.8 Å². The number of rotatable bonds is 35. The van der Waals surface area contributed by atoms with Crippen molar-refractivity contribution in [3.63, 3.8) is 0 Å². The Kier molecular flexibility index (Phi) is 37.1. The van der Waals surface area contributed by atoms with Crippen LogP contribution >= 0.6 is 0 Å². The summed E-state index contributed by atoms with van der Waals surface area (Å²) in [5.41, 5.74) is 0. The van der Waals surface area contributed by atoms with Crippen LogP contribution in [0.1, 0.15) is 175 Å². The number of esters is 2. The standard InChI is InChI=1S/C43H74O5/c1-4-7-10-13-16-17-18-19-20-21-22-23-24-25-26-29-32-35-38-46-39-41(48-43(45)37-34-31-28-15-12-9-6-3)40-47-42(44)36-33-30-27-14-11-8-5-2/h7,10,16-17,19-20,22-23,25-26,41H,4-6,8-9,11-15,18,21,24,27-40H2,1-3H3/b10-7-,17-16-,20-19-,23-22-,26-25-. The first-order valence-corrected chi connectivity index (χ1v) is 19.8. The maximum atomic E-state index is 12.5. The zero-order chi connectivity index (χ0) is 35.0. The van der Waals surface area contributed by atoms with Gasteiger partial charge in [0.05, 0.1) is 6.61 Å². The smallest absolute Gasteiger partial charge is 0.306 e. The minimum absolute atomic E-state index is 0.0676. The van der Waals surface area contributed by atoms with Crippen molar-refractivity contribution in [1.82, 2.24) is 0 Å². The van der Waals surface area contributed by atoms with Crippen LogP contribution in [0.15, 0.2) is 60.8 Å². The summed E-state index contributed by atoms with van der Waals surface area (Å²) in [6, 6.07) is 0. The van der Waals surface area contributed by atoms with Gasteiger partial charge in [-0.25, -0.2) is 0 Å². The predicted octanol–water partition coefficient (Wildman–Crippen LogP) is 12.7. The Balaban J connectivity index is 4.23. The van der Waals surface area contributed by atoms with Gasteiger partial charge in [0.25, 0.3) is 0 Å². The van der Waals surface area contributed by atoms with Crippen LogP contribution in [-0.2, 0) is 23.8 Å². The lowest BCUT2D eigenvalue weighted by atomic mass is 10.1. The van der Waals surface area contributed by atoms with Crippen molar-refractivity contribution in [2.24, 2.45) is 0 Å². The quantitative estimate of drug-likeness (QED) is 0.0381. The normalized spacial score (nSPS) is 12.8. The van der Waals surface area contributed by atoms with Gasteiger partial charge in [0.2, 0.25) is 0 Å². The largest absolute Gasteiger partial charge is 0.462 e. The van der Waals surface area contributed by atoms with Crippen molar-refractivity contribution in [2.45, 2.75) is 181 Å². The second kappa shape index (κ2) is 39.0. The van der Waals surface area contributed by atoms with Crippen molar-refractivity contribution in [2.75, 3.05) is 19.8 Å². The molecule has 0 aliphatic heterocycles. The first-order chi connectivity index (χ1) is 23.6. The van der Waals surface area contributed by atoms with E-state index >= 15 is 0 Å². The van der Waals surface area contributed by atoms with Gasteiger partial charge in [-0.15, -0.1) is 0 Å². The lowest BCUT2D eigenvalue weighted by molar-refractivity contribution is -0.163. The molecule has 1 unspecified atom stereocenters. The maximum Gasteiger partial charge on any atom is 0.306 e. The molecule has 0 fully saturated rings. The highest BCUT2D eigenvalue weighted by atomic mass is 16.6. The van der Waals surface area contributed by atoms with Crippen LogP contribution in [0.3, 0.4) is 0 Å². The van der Waals surface area contributed by atoms with E-state index in [0.717, 1.165) is 83.5 Å². The molecule has 0 aromatic heterocycles. The molecular formula is C43H74O5. The fourth-order valence-corrected chi connectivity index (χ4v) is 5.12. The zero-order valence-corrected chi connectivity index (χ0v) is 31.5. The van der Waals surface area contributed by atoms with E-state index in [2.05, 4.69) is 81.5 Å². The third kappa shape index (κ3) is 36.4. The van der Waals surface area contributed by atoms with Crippen molar-refractivity contribution < 1.29 is 23.8 Å². The van der Waals surface area contributed by atoms with E-state index in [1.807, 2.05) is 0 Å². The van der Waals surface area contributed by atoms with E-state index in [9.17, 15) is 9.59 Å². The van der Waals surface area contributed by atoms with E-state index in [1.165, 1.54) is 57.8 Å². The Hall–Kier alpha value is -2.40. The zero-order valence-electron chi connectivity index (χ0n) is 31.5. The van der Waals surface area contributed by atoms with Gasteiger partial charge in [0.1, 0.15) is 6.61 Å². The molecule has 1 atom stereocenters. The van der Waals surface area contributed by atoms with Crippen LogP contribution in [0.5, 0.6) is 0 Å². The number of unbranched alkanes of at least 4 members (excludes halogenated alkanes) is 14. The molecule has 0 aliphatic rings. The van der Waals surface area contributed by atoms with Gasteiger partial charge in [-0.05, 0) is 64.2 Å². The lowest BCUT2D eigenvalue weighted by Gasteiger charge is -2.18.